The van der Waals surface area contributed by atoms with Crippen LogP contribution >= 0.6 is 0 Å². The maximum Gasteiger partial charge on any atom is 0.160 e. The zero-order chi connectivity index (χ0) is 35.4. The average molecular weight is 675 g/mol. The highest BCUT2D eigenvalue weighted by Gasteiger charge is 2.45. The van der Waals surface area contributed by atoms with Gasteiger partial charge in [0.2, 0.25) is 0 Å². The molecule has 5 heteroatoms. The molecule has 5 nitrogen and oxygen atoms in total. The van der Waals surface area contributed by atoms with Crippen molar-refractivity contribution in [3.63, 3.8) is 0 Å². The zero-order valence-corrected chi connectivity index (χ0v) is 32.6. The summed E-state index contributed by atoms with van der Waals surface area (Å²) in [5.74, 6) is 0.155. The van der Waals surface area contributed by atoms with E-state index in [0.717, 1.165) is 51.4 Å². The van der Waals surface area contributed by atoms with Crippen LogP contribution in [0.5, 0.6) is 0 Å². The molecule has 0 aromatic heterocycles. The van der Waals surface area contributed by atoms with Gasteiger partial charge in [-0.2, -0.15) is 0 Å². The molecule has 0 saturated carbocycles. The van der Waals surface area contributed by atoms with Gasteiger partial charge < -0.3 is 10.4 Å². The molecule has 282 valence electrons. The minimum absolute atomic E-state index is 0.0562. The van der Waals surface area contributed by atoms with Crippen LogP contribution in [-0.2, 0) is 9.59 Å². The first kappa shape index (κ1) is 46.7. The molecule has 0 fully saturated rings. The van der Waals surface area contributed by atoms with Gasteiger partial charge in [0.25, 0.3) is 0 Å². The number of ketones is 2. The Balaban J connectivity index is 4.42. The molecule has 0 heterocycles. The predicted molar refractivity (Wildman–Crippen MR) is 210 cm³/mol. The van der Waals surface area contributed by atoms with Gasteiger partial charge >= 0.3 is 0 Å². The van der Waals surface area contributed by atoms with Crippen LogP contribution in [0.4, 0.5) is 0 Å². The van der Waals surface area contributed by atoms with Crippen molar-refractivity contribution in [1.82, 2.24) is 10.2 Å². The van der Waals surface area contributed by atoms with Crippen molar-refractivity contribution < 1.29 is 14.7 Å². The largest absolute Gasteiger partial charge is 0.395 e. The van der Waals surface area contributed by atoms with Crippen molar-refractivity contribution in [2.75, 3.05) is 33.8 Å². The molecule has 0 aromatic rings. The highest BCUT2D eigenvalue weighted by Crippen LogP contribution is 2.26. The monoisotopic (exact) mass is 675 g/mol. The number of hydrogen-bond acceptors (Lipinski definition) is 5. The number of rotatable bonds is 38. The van der Waals surface area contributed by atoms with E-state index in [9.17, 15) is 14.7 Å². The SMILES string of the molecule is CCCCCCCC/C=C\CCCCCCCC(=O)C(CCNCCO)(C(=O)CCCCCCC/C=C\CCCCCCCC)N(C)C. The maximum absolute atomic E-state index is 13.8. The third kappa shape index (κ3) is 25.6. The van der Waals surface area contributed by atoms with E-state index in [1.165, 1.54) is 116 Å². The number of likely N-dealkylation sites (N-methyl/N-ethyl adjacent to an activating group) is 1. The normalized spacial score (nSPS) is 12.3. The highest BCUT2D eigenvalue weighted by molar-refractivity contribution is 6.11. The Morgan fingerprint density at radius 1 is 0.521 bits per heavy atom. The molecule has 0 unspecified atom stereocenters. The van der Waals surface area contributed by atoms with Crippen LogP contribution in [0.15, 0.2) is 24.3 Å². The van der Waals surface area contributed by atoms with E-state index in [-0.39, 0.29) is 18.2 Å². The summed E-state index contributed by atoms with van der Waals surface area (Å²) < 4.78 is 0. The lowest BCUT2D eigenvalue weighted by Gasteiger charge is -2.37. The summed E-state index contributed by atoms with van der Waals surface area (Å²) >= 11 is 0. The fourth-order valence-electron chi connectivity index (χ4n) is 6.76. The van der Waals surface area contributed by atoms with Crippen molar-refractivity contribution in [3.8, 4) is 0 Å². The quantitative estimate of drug-likeness (QED) is 0.0387. The second-order valence-electron chi connectivity index (χ2n) is 14.5. The van der Waals surface area contributed by atoms with Gasteiger partial charge in [-0.15, -0.1) is 0 Å². The summed E-state index contributed by atoms with van der Waals surface area (Å²) in [6.45, 7) is 5.62. The number of carbonyl (C=O) groups is 2. The number of Topliss-reactive ketones (excluding diaryl/α,β-unsaturated/α-hetero) is 2. The molecule has 2 N–H and O–H groups in total. The number of nitrogens with zero attached hydrogens (tertiary/aromatic N) is 1. The number of carbonyl (C=O) groups excluding carboxylic acids is 2. The van der Waals surface area contributed by atoms with Gasteiger partial charge in [0, 0.05) is 19.4 Å². The van der Waals surface area contributed by atoms with Crippen LogP contribution in [0.25, 0.3) is 0 Å². The van der Waals surface area contributed by atoms with Gasteiger partial charge in [-0.25, -0.2) is 0 Å². The van der Waals surface area contributed by atoms with E-state index in [1.807, 2.05) is 19.0 Å². The van der Waals surface area contributed by atoms with Crippen molar-refractivity contribution >= 4 is 11.6 Å². The van der Waals surface area contributed by atoms with Gasteiger partial charge in [-0.1, -0.05) is 141 Å². The lowest BCUT2D eigenvalue weighted by molar-refractivity contribution is -0.142. The number of aliphatic hydroxyl groups is 1. The van der Waals surface area contributed by atoms with E-state index in [4.69, 9.17) is 0 Å². The highest BCUT2D eigenvalue weighted by atomic mass is 16.3. The number of unbranched alkanes of at least 4 members (excludes halogenated alkanes) is 22. The molecule has 0 bridgehead atoms. The molecule has 0 aliphatic heterocycles. The van der Waals surface area contributed by atoms with Crippen LogP contribution in [-0.4, -0.2) is 60.9 Å². The van der Waals surface area contributed by atoms with Gasteiger partial charge in [0.1, 0.15) is 5.54 Å². The first-order valence-electron chi connectivity index (χ1n) is 20.8. The van der Waals surface area contributed by atoms with E-state index >= 15 is 0 Å². The molecule has 48 heavy (non-hydrogen) atoms. The number of nitrogens with one attached hydrogen (secondary N) is 1. The molecular weight excluding hydrogens is 592 g/mol. The van der Waals surface area contributed by atoms with E-state index in [0.29, 0.717) is 32.4 Å². The van der Waals surface area contributed by atoms with Crippen LogP contribution in [0.3, 0.4) is 0 Å². The third-order valence-corrected chi connectivity index (χ3v) is 9.97. The van der Waals surface area contributed by atoms with Gasteiger partial charge in [0.05, 0.1) is 6.61 Å². The van der Waals surface area contributed by atoms with E-state index in [1.54, 1.807) is 0 Å². The van der Waals surface area contributed by atoms with Crippen molar-refractivity contribution in [1.29, 1.82) is 0 Å². The van der Waals surface area contributed by atoms with Crippen LogP contribution in [0.1, 0.15) is 200 Å². The van der Waals surface area contributed by atoms with Crippen LogP contribution in [0.2, 0.25) is 0 Å². The Labute approximate surface area is 299 Å². The second-order valence-corrected chi connectivity index (χ2v) is 14.5. The molecule has 0 aliphatic rings. The topological polar surface area (TPSA) is 69.6 Å². The molecule has 0 aromatic carbocycles. The second kappa shape index (κ2) is 35.5. The molecular formula is C43H82N2O3. The maximum atomic E-state index is 13.8. The van der Waals surface area contributed by atoms with Crippen LogP contribution in [0, 0.1) is 0 Å². The molecule has 0 atom stereocenters. The summed E-state index contributed by atoms with van der Waals surface area (Å²) in [6.07, 6.45) is 42.8. The first-order chi connectivity index (χ1) is 23.5. The molecule has 0 aliphatic carbocycles. The van der Waals surface area contributed by atoms with Gasteiger partial charge in [-0.05, 0) is 91.3 Å². The summed E-state index contributed by atoms with van der Waals surface area (Å²) in [5.41, 5.74) is -1.07. The molecule has 0 radical (unpaired) electrons. The van der Waals surface area contributed by atoms with Gasteiger partial charge in [0.15, 0.2) is 11.6 Å². The molecule has 0 amide bonds. The van der Waals surface area contributed by atoms with Crippen molar-refractivity contribution in [2.24, 2.45) is 0 Å². The van der Waals surface area contributed by atoms with Crippen molar-refractivity contribution in [3.05, 3.63) is 24.3 Å². The third-order valence-electron chi connectivity index (χ3n) is 9.97. The number of hydrogen-bond donors (Lipinski definition) is 2. The fraction of sp³-hybridized carbons (Fsp3) is 0.860. The minimum atomic E-state index is -1.07. The Morgan fingerprint density at radius 3 is 1.19 bits per heavy atom. The summed E-state index contributed by atoms with van der Waals surface area (Å²) in [7, 11) is 3.78. The smallest absolute Gasteiger partial charge is 0.160 e. The Bertz CT molecular complexity index is 724. The average Bonchev–Trinajstić information content (AvgIpc) is 3.08. The predicted octanol–water partition coefficient (Wildman–Crippen LogP) is 11.5. The van der Waals surface area contributed by atoms with E-state index in [2.05, 4.69) is 43.5 Å². The Kier molecular flexibility index (Phi) is 34.6. The molecule has 0 spiro atoms. The summed E-state index contributed by atoms with van der Waals surface area (Å²) in [5, 5.41) is 12.4. The summed E-state index contributed by atoms with van der Waals surface area (Å²) in [4.78, 5) is 29.4. The Morgan fingerprint density at radius 2 is 0.854 bits per heavy atom. The lowest BCUT2D eigenvalue weighted by atomic mass is 9.80. The molecule has 0 rings (SSSR count). The number of allylic oxidation sites excluding steroid dienone is 4. The summed E-state index contributed by atoms with van der Waals surface area (Å²) in [6, 6.07) is 0. The first-order valence-corrected chi connectivity index (χ1v) is 20.8. The van der Waals surface area contributed by atoms with Gasteiger partial charge in [-0.3, -0.25) is 14.5 Å². The van der Waals surface area contributed by atoms with Crippen molar-refractivity contribution in [2.45, 2.75) is 206 Å². The van der Waals surface area contributed by atoms with Crippen LogP contribution < -0.4 is 5.32 Å². The van der Waals surface area contributed by atoms with E-state index < -0.39 is 5.54 Å². The minimum Gasteiger partial charge on any atom is -0.395 e. The standard InChI is InChI=1S/C43H82N2O3/c1-5-7-9-11-13-15-17-19-21-23-25-27-29-31-33-35-41(47)43(45(3)4,37-38-44-39-40-46)42(48)36-34-32-30-28-26-24-22-20-18-16-14-12-10-8-6-2/h19-22,44,46H,5-18,23-40H2,1-4H3/b21-19-,22-20-. The Hall–Kier alpha value is -1.30. The number of aliphatic hydroxyl groups excluding tert-OH is 1. The fourth-order valence-corrected chi connectivity index (χ4v) is 6.76. The lowest BCUT2D eigenvalue weighted by Crippen LogP contribution is -2.58. The zero-order valence-electron chi connectivity index (χ0n) is 32.6. The molecule has 0 saturated heterocycles.